The monoisotopic (exact) mass is 593 g/mol. The van der Waals surface area contributed by atoms with Crippen LogP contribution in [0, 0.1) is 6.92 Å². The van der Waals surface area contributed by atoms with E-state index in [1.807, 2.05) is 61.5 Å². The van der Waals surface area contributed by atoms with Crippen molar-refractivity contribution >= 4 is 52.5 Å². The molecule has 1 aliphatic rings. The van der Waals surface area contributed by atoms with Crippen LogP contribution < -0.4 is 10.2 Å². The molecule has 3 aromatic carbocycles. The summed E-state index contributed by atoms with van der Waals surface area (Å²) in [4.78, 5) is 34.4. The van der Waals surface area contributed by atoms with Crippen molar-refractivity contribution < 1.29 is 9.59 Å². The molecule has 2 amide bonds. The minimum absolute atomic E-state index is 0.100. The Morgan fingerprint density at radius 3 is 2.48 bits per heavy atom. The molecular formula is C30H29Cl2N5O2S. The van der Waals surface area contributed by atoms with Gasteiger partial charge in [0.05, 0.1) is 11.8 Å². The number of rotatable bonds is 9. The third kappa shape index (κ3) is 6.04. The molecule has 0 saturated heterocycles. The molecule has 4 aromatic rings. The van der Waals surface area contributed by atoms with Gasteiger partial charge in [0.25, 0.3) is 0 Å². The highest BCUT2D eigenvalue weighted by Gasteiger charge is 2.49. The molecule has 0 bridgehead atoms. The number of H-pyrrole nitrogens is 1. The van der Waals surface area contributed by atoms with E-state index in [1.54, 1.807) is 23.1 Å². The van der Waals surface area contributed by atoms with Crippen molar-refractivity contribution in [1.82, 2.24) is 20.5 Å². The van der Waals surface area contributed by atoms with Gasteiger partial charge in [-0.2, -0.15) is 5.10 Å². The second kappa shape index (κ2) is 12.5. The maximum absolute atomic E-state index is 14.5. The van der Waals surface area contributed by atoms with Gasteiger partial charge in [-0.05, 0) is 66.8 Å². The van der Waals surface area contributed by atoms with Crippen molar-refractivity contribution in [2.45, 2.75) is 49.3 Å². The molecule has 0 aliphatic heterocycles. The van der Waals surface area contributed by atoms with Crippen molar-refractivity contribution in [2.24, 2.45) is 0 Å². The molecule has 10 heteroatoms. The fourth-order valence-electron chi connectivity index (χ4n) is 5.34. The zero-order chi connectivity index (χ0) is 28.1. The molecule has 0 unspecified atom stereocenters. The average Bonchev–Trinajstić information content (AvgIpc) is 3.65. The van der Waals surface area contributed by atoms with Gasteiger partial charge in [-0.3, -0.25) is 19.6 Å². The summed E-state index contributed by atoms with van der Waals surface area (Å²) in [6.45, 7) is 1.98. The van der Waals surface area contributed by atoms with E-state index >= 15 is 0 Å². The highest BCUT2D eigenvalue weighted by molar-refractivity contribution is 7.99. The molecule has 0 radical (unpaired) electrons. The van der Waals surface area contributed by atoms with Crippen molar-refractivity contribution in [3.8, 4) is 0 Å². The second-order valence-electron chi connectivity index (χ2n) is 9.87. The first-order chi connectivity index (χ1) is 19.4. The average molecular weight is 595 g/mol. The second-order valence-corrected chi connectivity index (χ2v) is 11.7. The number of thioether (sulfide) groups is 1. The Morgan fingerprint density at radius 2 is 1.80 bits per heavy atom. The van der Waals surface area contributed by atoms with Gasteiger partial charge in [-0.1, -0.05) is 90.3 Å². The number of halogens is 2. The summed E-state index contributed by atoms with van der Waals surface area (Å²) >= 11 is 14.1. The Hall–Kier alpha value is -3.33. The Balaban J connectivity index is 1.54. The number of carbonyl (C=O) groups is 2. The minimum atomic E-state index is -1.07. The van der Waals surface area contributed by atoms with E-state index < -0.39 is 11.6 Å². The Labute approximate surface area is 247 Å². The lowest BCUT2D eigenvalue weighted by Crippen LogP contribution is -2.60. The van der Waals surface area contributed by atoms with Gasteiger partial charge in [0.15, 0.2) is 5.16 Å². The summed E-state index contributed by atoms with van der Waals surface area (Å²) in [5, 5.41) is 11.6. The number of nitrogens with one attached hydrogen (secondary N) is 2. The summed E-state index contributed by atoms with van der Waals surface area (Å²) < 4.78 is 0. The predicted octanol–water partition coefficient (Wildman–Crippen LogP) is 6.76. The molecule has 1 aromatic heterocycles. The van der Waals surface area contributed by atoms with E-state index in [0.29, 0.717) is 33.7 Å². The highest BCUT2D eigenvalue weighted by atomic mass is 35.5. The first-order valence-corrected chi connectivity index (χ1v) is 14.8. The number of hydrogen-bond acceptors (Lipinski definition) is 5. The summed E-state index contributed by atoms with van der Waals surface area (Å²) in [6.07, 6.45) is 4.15. The largest absolute Gasteiger partial charge is 0.343 e. The topological polar surface area (TPSA) is 91.0 Å². The number of nitrogens with zero attached hydrogens (tertiary/aromatic N) is 3. The number of aromatic amines is 1. The van der Waals surface area contributed by atoms with Crippen molar-refractivity contribution in [3.63, 3.8) is 0 Å². The third-order valence-electron chi connectivity index (χ3n) is 7.21. The quantitative estimate of drug-likeness (QED) is 0.209. The molecule has 5 rings (SSSR count). The van der Waals surface area contributed by atoms with Gasteiger partial charge in [0.2, 0.25) is 11.8 Å². The summed E-state index contributed by atoms with van der Waals surface area (Å²) in [7, 11) is 0. The van der Waals surface area contributed by atoms with E-state index in [9.17, 15) is 9.59 Å². The maximum Gasteiger partial charge on any atom is 0.247 e. The van der Waals surface area contributed by atoms with E-state index in [0.717, 1.165) is 29.5 Å². The molecule has 1 fully saturated rings. The fourth-order valence-corrected chi connectivity index (χ4v) is 6.34. The van der Waals surface area contributed by atoms with Crippen LogP contribution in [0.2, 0.25) is 10.0 Å². The van der Waals surface area contributed by atoms with Gasteiger partial charge in [-0.25, -0.2) is 4.98 Å². The molecule has 7 nitrogen and oxygen atoms in total. The summed E-state index contributed by atoms with van der Waals surface area (Å²) in [5.74, 6) is -0.294. The van der Waals surface area contributed by atoms with E-state index in [4.69, 9.17) is 23.2 Å². The number of amides is 2. The fraction of sp³-hybridized carbons (Fsp3) is 0.267. The first-order valence-electron chi connectivity index (χ1n) is 13.1. The van der Waals surface area contributed by atoms with Crippen LogP contribution in [0.25, 0.3) is 0 Å². The Morgan fingerprint density at radius 1 is 1.05 bits per heavy atom. The number of aromatic nitrogens is 3. The van der Waals surface area contributed by atoms with Gasteiger partial charge < -0.3 is 5.32 Å². The van der Waals surface area contributed by atoms with E-state index in [1.165, 1.54) is 18.1 Å². The lowest BCUT2D eigenvalue weighted by atomic mass is 9.90. The highest BCUT2D eigenvalue weighted by Crippen LogP contribution is 2.41. The zero-order valence-electron chi connectivity index (χ0n) is 21.9. The predicted molar refractivity (Wildman–Crippen MR) is 160 cm³/mol. The van der Waals surface area contributed by atoms with Crippen LogP contribution >= 0.6 is 35.0 Å². The van der Waals surface area contributed by atoms with E-state index in [-0.39, 0.29) is 17.6 Å². The molecule has 0 spiro atoms. The lowest BCUT2D eigenvalue weighted by Gasteiger charge is -2.41. The summed E-state index contributed by atoms with van der Waals surface area (Å²) in [5.41, 5.74) is 2.23. The maximum atomic E-state index is 14.5. The molecular weight excluding hydrogens is 565 g/mol. The molecule has 1 atom stereocenters. The van der Waals surface area contributed by atoms with Crippen LogP contribution in [0.3, 0.4) is 0 Å². The van der Waals surface area contributed by atoms with Gasteiger partial charge in [-0.15, -0.1) is 0 Å². The lowest BCUT2D eigenvalue weighted by molar-refractivity contribution is -0.130. The van der Waals surface area contributed by atoms with Gasteiger partial charge in [0, 0.05) is 15.7 Å². The number of aryl methyl sites for hydroxylation is 1. The minimum Gasteiger partial charge on any atom is -0.343 e. The van der Waals surface area contributed by atoms with Crippen molar-refractivity contribution in [2.75, 3.05) is 10.7 Å². The van der Waals surface area contributed by atoms with Crippen LogP contribution in [0.5, 0.6) is 0 Å². The smallest absolute Gasteiger partial charge is 0.247 e. The number of anilines is 1. The van der Waals surface area contributed by atoms with Gasteiger partial charge >= 0.3 is 0 Å². The standard InChI is InChI=1S/C30H29Cl2N5O2S/c1-20-7-6-8-23(17-20)37(26(38)18-40-29-33-19-34-36-29)30(15-4-5-16-30)28(39)35-27(21-11-13-22(31)14-12-21)24-9-2-3-10-25(24)32/h2-3,6-14,17,19,27H,4-5,15-16,18H2,1H3,(H,35,39)(H,33,34,36)/t27-/m1/s1. The van der Waals surface area contributed by atoms with Crippen LogP contribution in [0.15, 0.2) is 84.3 Å². The molecule has 2 N–H and O–H groups in total. The third-order valence-corrected chi connectivity index (χ3v) is 8.67. The summed E-state index contributed by atoms with van der Waals surface area (Å²) in [6, 6.07) is 22.0. The van der Waals surface area contributed by atoms with E-state index in [2.05, 4.69) is 20.5 Å². The molecule has 1 heterocycles. The first kappa shape index (κ1) is 28.2. The Kier molecular flexibility index (Phi) is 8.78. The number of hydrogen-bond donors (Lipinski definition) is 2. The van der Waals surface area contributed by atoms with Crippen LogP contribution in [0.4, 0.5) is 5.69 Å². The number of carbonyl (C=O) groups excluding carboxylic acids is 2. The van der Waals surface area contributed by atoms with Gasteiger partial charge in [0.1, 0.15) is 11.9 Å². The SMILES string of the molecule is Cc1cccc(N(C(=O)CSc2ncn[nH]2)C2(C(=O)N[C@H](c3ccc(Cl)cc3)c3ccccc3Cl)CCCC2)c1. The van der Waals surface area contributed by atoms with Crippen LogP contribution in [-0.2, 0) is 9.59 Å². The normalized spacial score (nSPS) is 15.0. The van der Waals surface area contributed by atoms with Crippen molar-refractivity contribution in [1.29, 1.82) is 0 Å². The molecule has 206 valence electrons. The number of benzene rings is 3. The van der Waals surface area contributed by atoms with Crippen molar-refractivity contribution in [3.05, 3.63) is 106 Å². The zero-order valence-corrected chi connectivity index (χ0v) is 24.3. The molecule has 1 aliphatic carbocycles. The molecule has 40 heavy (non-hydrogen) atoms. The van der Waals surface area contributed by atoms with Crippen LogP contribution in [0.1, 0.15) is 48.4 Å². The Bertz CT molecular complexity index is 1470. The van der Waals surface area contributed by atoms with Crippen LogP contribution in [-0.4, -0.2) is 38.3 Å². The molecule has 1 saturated carbocycles.